The van der Waals surface area contributed by atoms with Crippen LogP contribution in [0.15, 0.2) is 77.7 Å². The zero-order valence-electron chi connectivity index (χ0n) is 23.3. The third-order valence-electron chi connectivity index (χ3n) is 6.51. The van der Waals surface area contributed by atoms with Crippen LogP contribution in [0.25, 0.3) is 0 Å². The molecule has 3 aromatic carbocycles. The summed E-state index contributed by atoms with van der Waals surface area (Å²) >= 11 is 6.07. The number of carbonyl (C=O) groups excluding carboxylic acids is 2. The first-order chi connectivity index (χ1) is 19.1. The van der Waals surface area contributed by atoms with Crippen molar-refractivity contribution < 1.29 is 22.7 Å². The molecule has 8 nitrogen and oxygen atoms in total. The Labute approximate surface area is 241 Å². The summed E-state index contributed by atoms with van der Waals surface area (Å²) in [6.07, 6.45) is 1.73. The molecule has 2 amide bonds. The highest BCUT2D eigenvalue weighted by molar-refractivity contribution is 7.92. The Hall–Kier alpha value is -3.56. The van der Waals surface area contributed by atoms with E-state index in [1.54, 1.807) is 43.3 Å². The lowest BCUT2D eigenvalue weighted by molar-refractivity contribution is -0.139. The van der Waals surface area contributed by atoms with Crippen LogP contribution in [0.2, 0.25) is 5.02 Å². The van der Waals surface area contributed by atoms with E-state index in [0.29, 0.717) is 17.3 Å². The van der Waals surface area contributed by atoms with Gasteiger partial charge in [0.25, 0.3) is 10.0 Å². The van der Waals surface area contributed by atoms with E-state index in [0.717, 1.165) is 28.3 Å². The van der Waals surface area contributed by atoms with Gasteiger partial charge in [0.15, 0.2) is 0 Å². The molecule has 0 aliphatic heterocycles. The number of carbonyl (C=O) groups is 2. The first kappa shape index (κ1) is 31.0. The molecule has 10 heteroatoms. The second kappa shape index (κ2) is 14.2. The fourth-order valence-electron chi connectivity index (χ4n) is 4.02. The molecule has 0 saturated heterocycles. The van der Waals surface area contributed by atoms with Gasteiger partial charge in [-0.25, -0.2) is 8.42 Å². The quantitative estimate of drug-likeness (QED) is 0.279. The molecule has 214 valence electrons. The maximum Gasteiger partial charge on any atom is 0.264 e. The molecule has 0 fully saturated rings. The van der Waals surface area contributed by atoms with Gasteiger partial charge in [-0.2, -0.15) is 0 Å². The Bertz CT molecular complexity index is 1380. The summed E-state index contributed by atoms with van der Waals surface area (Å²) in [4.78, 5) is 28.3. The number of ether oxygens (including phenoxy) is 1. The number of nitrogens with zero attached hydrogens (tertiary/aromatic N) is 2. The van der Waals surface area contributed by atoms with Gasteiger partial charge in [0, 0.05) is 18.1 Å². The summed E-state index contributed by atoms with van der Waals surface area (Å²) in [6.45, 7) is 5.75. The number of halogens is 1. The zero-order valence-corrected chi connectivity index (χ0v) is 24.8. The third kappa shape index (κ3) is 7.99. The molecular weight excluding hydrogens is 550 g/mol. The van der Waals surface area contributed by atoms with Gasteiger partial charge in [0.05, 0.1) is 17.7 Å². The second-order valence-corrected chi connectivity index (χ2v) is 11.8. The van der Waals surface area contributed by atoms with Crippen LogP contribution >= 0.6 is 11.6 Å². The molecule has 0 heterocycles. The van der Waals surface area contributed by atoms with Gasteiger partial charge in [0.1, 0.15) is 18.3 Å². The number of benzene rings is 3. The summed E-state index contributed by atoms with van der Waals surface area (Å²) < 4.78 is 33.9. The number of amides is 2. The molecular formula is C30H36ClN3O5S. The Morgan fingerprint density at radius 1 is 0.975 bits per heavy atom. The van der Waals surface area contributed by atoms with E-state index in [4.69, 9.17) is 16.3 Å². The van der Waals surface area contributed by atoms with Crippen LogP contribution in [0.3, 0.4) is 0 Å². The maximum absolute atomic E-state index is 13.9. The lowest BCUT2D eigenvalue weighted by atomic mass is 10.1. The number of aryl methyl sites for hydroxylation is 1. The molecule has 0 saturated carbocycles. The summed E-state index contributed by atoms with van der Waals surface area (Å²) in [6, 6.07) is 19.0. The number of anilines is 1. The maximum atomic E-state index is 13.9. The van der Waals surface area contributed by atoms with Crippen molar-refractivity contribution in [3.05, 3.63) is 88.9 Å². The molecule has 0 aliphatic carbocycles. The Morgan fingerprint density at radius 2 is 1.60 bits per heavy atom. The van der Waals surface area contributed by atoms with Crippen LogP contribution in [-0.4, -0.2) is 51.4 Å². The molecule has 0 radical (unpaired) electrons. The van der Waals surface area contributed by atoms with Crippen LogP contribution < -0.4 is 14.4 Å². The minimum atomic E-state index is -4.18. The number of sulfonamides is 1. The third-order valence-corrected chi connectivity index (χ3v) is 8.55. The van der Waals surface area contributed by atoms with Gasteiger partial charge < -0.3 is 15.0 Å². The van der Waals surface area contributed by atoms with Crippen molar-refractivity contribution in [2.45, 2.75) is 51.1 Å². The van der Waals surface area contributed by atoms with E-state index < -0.39 is 28.5 Å². The van der Waals surface area contributed by atoms with Gasteiger partial charge in [-0.15, -0.1) is 0 Å². The number of methoxy groups -OCH3 is 1. The topological polar surface area (TPSA) is 96.0 Å². The van der Waals surface area contributed by atoms with Crippen LogP contribution in [0, 0.1) is 6.92 Å². The number of rotatable bonds is 13. The number of hydrogen-bond acceptors (Lipinski definition) is 5. The summed E-state index contributed by atoms with van der Waals surface area (Å²) in [5, 5.41) is 3.31. The predicted octanol–water partition coefficient (Wildman–Crippen LogP) is 5.19. The average molecular weight is 586 g/mol. The highest BCUT2D eigenvalue weighted by atomic mass is 35.5. The lowest BCUT2D eigenvalue weighted by Gasteiger charge is -2.32. The first-order valence-corrected chi connectivity index (χ1v) is 14.9. The van der Waals surface area contributed by atoms with Gasteiger partial charge in [-0.05, 0) is 74.4 Å². The summed E-state index contributed by atoms with van der Waals surface area (Å²) in [5.41, 5.74) is 2.15. The fourth-order valence-corrected chi connectivity index (χ4v) is 5.56. The van der Waals surface area contributed by atoms with Crippen LogP contribution in [0.4, 0.5) is 5.69 Å². The van der Waals surface area contributed by atoms with Crippen molar-refractivity contribution in [2.24, 2.45) is 0 Å². The monoisotopic (exact) mass is 585 g/mol. The van der Waals surface area contributed by atoms with E-state index in [2.05, 4.69) is 5.32 Å². The van der Waals surface area contributed by atoms with Gasteiger partial charge in [-0.3, -0.25) is 13.9 Å². The van der Waals surface area contributed by atoms with Crippen LogP contribution in [0.1, 0.15) is 37.8 Å². The molecule has 40 heavy (non-hydrogen) atoms. The first-order valence-electron chi connectivity index (χ1n) is 13.1. The second-order valence-electron chi connectivity index (χ2n) is 9.49. The van der Waals surface area contributed by atoms with Crippen LogP contribution in [-0.2, 0) is 26.2 Å². The summed E-state index contributed by atoms with van der Waals surface area (Å²) in [5.74, 6) is -0.323. The lowest BCUT2D eigenvalue weighted by Crippen LogP contribution is -2.51. The van der Waals surface area contributed by atoms with Crippen LogP contribution in [0.5, 0.6) is 5.75 Å². The van der Waals surface area contributed by atoms with E-state index >= 15 is 0 Å². The minimum absolute atomic E-state index is 0.00788. The standard InChI is InChI=1S/C30H36ClN3O5S/c1-5-6-19-32-30(36)23(3)33(20-24-9-7-22(2)8-10-24)29(35)21-34(26-13-11-25(31)12-14-26)40(37,38)28-17-15-27(39-4)16-18-28/h7-18,23H,5-6,19-21H2,1-4H3,(H,32,36)/t23-/m1/s1. The Balaban J connectivity index is 1.99. The highest BCUT2D eigenvalue weighted by Gasteiger charge is 2.32. The normalized spacial score (nSPS) is 11.9. The molecule has 0 aromatic heterocycles. The molecule has 1 N–H and O–H groups in total. The van der Waals surface area contributed by atoms with Crippen molar-refractivity contribution in [3.63, 3.8) is 0 Å². The van der Waals surface area contributed by atoms with E-state index in [9.17, 15) is 18.0 Å². The number of unbranched alkanes of at least 4 members (excludes halogenated alkanes) is 1. The smallest absolute Gasteiger partial charge is 0.264 e. The molecule has 0 aliphatic rings. The minimum Gasteiger partial charge on any atom is -0.497 e. The van der Waals surface area contributed by atoms with Gasteiger partial charge in [-0.1, -0.05) is 54.8 Å². The molecule has 3 rings (SSSR count). The molecule has 0 bridgehead atoms. The van der Waals surface area contributed by atoms with Crippen molar-refractivity contribution >= 4 is 39.1 Å². The highest BCUT2D eigenvalue weighted by Crippen LogP contribution is 2.27. The van der Waals surface area contributed by atoms with Crippen molar-refractivity contribution in [1.29, 1.82) is 0 Å². The van der Waals surface area contributed by atoms with Gasteiger partial charge >= 0.3 is 0 Å². The van der Waals surface area contributed by atoms with E-state index in [1.165, 1.54) is 24.1 Å². The number of nitrogens with one attached hydrogen (secondary N) is 1. The SMILES string of the molecule is CCCCNC(=O)[C@@H](C)N(Cc1ccc(C)cc1)C(=O)CN(c1ccc(Cl)cc1)S(=O)(=O)c1ccc(OC)cc1. The Morgan fingerprint density at radius 3 is 2.17 bits per heavy atom. The van der Waals surface area contributed by atoms with Crippen molar-refractivity contribution in [3.8, 4) is 5.75 Å². The van der Waals surface area contributed by atoms with Crippen molar-refractivity contribution in [2.75, 3.05) is 24.5 Å². The van der Waals surface area contributed by atoms with E-state index in [-0.39, 0.29) is 23.0 Å². The zero-order chi connectivity index (χ0) is 29.3. The van der Waals surface area contributed by atoms with E-state index in [1.807, 2.05) is 38.1 Å². The largest absolute Gasteiger partial charge is 0.497 e. The molecule has 0 spiro atoms. The molecule has 0 unspecified atom stereocenters. The predicted molar refractivity (Wildman–Crippen MR) is 158 cm³/mol. The summed E-state index contributed by atoms with van der Waals surface area (Å²) in [7, 11) is -2.69. The van der Waals surface area contributed by atoms with Gasteiger partial charge in [0.2, 0.25) is 11.8 Å². The van der Waals surface area contributed by atoms with Crippen molar-refractivity contribution in [1.82, 2.24) is 10.2 Å². The molecule has 3 aromatic rings. The fraction of sp³-hybridized carbons (Fsp3) is 0.333. The number of hydrogen-bond donors (Lipinski definition) is 1. The Kier molecular flexibility index (Phi) is 11.0. The molecule has 1 atom stereocenters. The average Bonchev–Trinajstić information content (AvgIpc) is 2.95.